The molecular weight excluding hydrogens is 386 g/mol. The van der Waals surface area contributed by atoms with Gasteiger partial charge in [-0.2, -0.15) is 5.26 Å². The van der Waals surface area contributed by atoms with Crippen LogP contribution in [0.25, 0.3) is 0 Å². The number of nitriles is 1. The fourth-order valence-corrected chi connectivity index (χ4v) is 3.89. The number of anilines is 1. The Bertz CT molecular complexity index is 1020. The first kappa shape index (κ1) is 21.0. The van der Waals surface area contributed by atoms with Gasteiger partial charge in [0.1, 0.15) is 11.8 Å². The highest BCUT2D eigenvalue weighted by Crippen LogP contribution is 2.41. The Labute approximate surface area is 173 Å². The van der Waals surface area contributed by atoms with Gasteiger partial charge >= 0.3 is 5.97 Å². The largest absolute Gasteiger partial charge is 0.425 e. The van der Waals surface area contributed by atoms with E-state index in [2.05, 4.69) is 5.32 Å². The van der Waals surface area contributed by atoms with Crippen LogP contribution in [0.1, 0.15) is 50.2 Å². The molecule has 1 aliphatic carbocycles. The van der Waals surface area contributed by atoms with Gasteiger partial charge in [-0.1, -0.05) is 31.4 Å². The van der Waals surface area contributed by atoms with Crippen molar-refractivity contribution in [2.45, 2.75) is 44.4 Å². The number of esters is 1. The highest BCUT2D eigenvalue weighted by Gasteiger charge is 2.41. The van der Waals surface area contributed by atoms with Crippen LogP contribution in [0.4, 0.5) is 11.4 Å². The smallest absolute Gasteiger partial charge is 0.308 e. The Morgan fingerprint density at radius 2 is 1.80 bits per heavy atom. The fraction of sp³-hybridized carbons (Fsp3) is 0.318. The predicted molar refractivity (Wildman–Crippen MR) is 109 cm³/mol. The van der Waals surface area contributed by atoms with Gasteiger partial charge in [0, 0.05) is 24.7 Å². The van der Waals surface area contributed by atoms with E-state index in [1.165, 1.54) is 31.2 Å². The summed E-state index contributed by atoms with van der Waals surface area (Å²) in [5.74, 6) is -0.631. The molecule has 8 nitrogen and oxygen atoms in total. The van der Waals surface area contributed by atoms with Gasteiger partial charge < -0.3 is 10.1 Å². The topological polar surface area (TPSA) is 122 Å². The second-order valence-corrected chi connectivity index (χ2v) is 7.32. The maximum atomic E-state index is 13.4. The van der Waals surface area contributed by atoms with Gasteiger partial charge in [0.2, 0.25) is 5.91 Å². The van der Waals surface area contributed by atoms with Crippen LogP contribution < -0.4 is 10.1 Å². The first-order chi connectivity index (χ1) is 14.4. The Kier molecular flexibility index (Phi) is 6.11. The van der Waals surface area contributed by atoms with E-state index < -0.39 is 16.3 Å². The second kappa shape index (κ2) is 8.74. The van der Waals surface area contributed by atoms with E-state index in [0.29, 0.717) is 18.5 Å². The van der Waals surface area contributed by atoms with Crippen molar-refractivity contribution in [1.29, 1.82) is 5.26 Å². The zero-order valence-corrected chi connectivity index (χ0v) is 16.5. The summed E-state index contributed by atoms with van der Waals surface area (Å²) >= 11 is 0. The number of nitro benzene ring substituents is 1. The summed E-state index contributed by atoms with van der Waals surface area (Å²) in [4.78, 5) is 35.0. The zero-order valence-electron chi connectivity index (χ0n) is 16.5. The maximum Gasteiger partial charge on any atom is 0.308 e. The standard InChI is InChI=1S/C22H21N3O5/c1-15(26)30-20-10-7-18(13-16(20)14-23)24-21(27)22(11-3-2-4-12-22)17-5-8-19(9-6-17)25(28)29/h5-10,13H,2-4,11-12H2,1H3,(H,24,27). The van der Waals surface area contributed by atoms with Crippen molar-refractivity contribution in [3.63, 3.8) is 0 Å². The first-order valence-electron chi connectivity index (χ1n) is 9.65. The summed E-state index contributed by atoms with van der Waals surface area (Å²) in [6.45, 7) is 1.24. The maximum absolute atomic E-state index is 13.4. The van der Waals surface area contributed by atoms with E-state index in [1.807, 2.05) is 6.07 Å². The molecule has 0 aliphatic heterocycles. The Balaban J connectivity index is 1.90. The fourth-order valence-electron chi connectivity index (χ4n) is 3.89. The number of benzene rings is 2. The molecule has 2 aromatic rings. The average Bonchev–Trinajstić information content (AvgIpc) is 2.75. The first-order valence-corrected chi connectivity index (χ1v) is 9.65. The number of hydrogen-bond acceptors (Lipinski definition) is 6. The molecule has 0 radical (unpaired) electrons. The zero-order chi connectivity index (χ0) is 21.7. The molecule has 0 bridgehead atoms. The van der Waals surface area contributed by atoms with E-state index in [1.54, 1.807) is 18.2 Å². The van der Waals surface area contributed by atoms with Crippen molar-refractivity contribution >= 4 is 23.3 Å². The molecule has 1 fully saturated rings. The lowest BCUT2D eigenvalue weighted by Gasteiger charge is -2.36. The van der Waals surface area contributed by atoms with Crippen LogP contribution >= 0.6 is 0 Å². The van der Waals surface area contributed by atoms with E-state index >= 15 is 0 Å². The molecule has 30 heavy (non-hydrogen) atoms. The van der Waals surface area contributed by atoms with Crippen LogP contribution in [0, 0.1) is 21.4 Å². The monoisotopic (exact) mass is 407 g/mol. The number of rotatable bonds is 5. The highest BCUT2D eigenvalue weighted by atomic mass is 16.6. The number of nitro groups is 1. The van der Waals surface area contributed by atoms with Crippen molar-refractivity contribution in [2.75, 3.05) is 5.32 Å². The number of amides is 1. The van der Waals surface area contributed by atoms with Gasteiger partial charge in [-0.3, -0.25) is 19.7 Å². The lowest BCUT2D eigenvalue weighted by molar-refractivity contribution is -0.384. The van der Waals surface area contributed by atoms with Crippen molar-refractivity contribution in [3.05, 3.63) is 63.7 Å². The predicted octanol–water partition coefficient (Wildman–Crippen LogP) is 4.23. The van der Waals surface area contributed by atoms with Crippen molar-refractivity contribution < 1.29 is 19.2 Å². The summed E-state index contributed by atoms with van der Waals surface area (Å²) in [7, 11) is 0. The second-order valence-electron chi connectivity index (χ2n) is 7.32. The summed E-state index contributed by atoms with van der Waals surface area (Å²) in [6.07, 6.45) is 4.04. The molecular formula is C22H21N3O5. The van der Waals surface area contributed by atoms with Crippen LogP contribution in [-0.4, -0.2) is 16.8 Å². The molecule has 1 amide bonds. The third-order valence-corrected chi connectivity index (χ3v) is 5.38. The number of carbonyl (C=O) groups is 2. The molecule has 0 aromatic heterocycles. The molecule has 1 N–H and O–H groups in total. The van der Waals surface area contributed by atoms with Gasteiger partial charge in [0.15, 0.2) is 0 Å². The molecule has 1 saturated carbocycles. The summed E-state index contributed by atoms with van der Waals surface area (Å²) in [6, 6.07) is 12.6. The molecule has 0 spiro atoms. The minimum atomic E-state index is -0.797. The molecule has 3 rings (SSSR count). The summed E-state index contributed by atoms with van der Waals surface area (Å²) < 4.78 is 5.00. The Morgan fingerprint density at radius 3 is 2.37 bits per heavy atom. The SMILES string of the molecule is CC(=O)Oc1ccc(NC(=O)C2(c3ccc([N+](=O)[O-])cc3)CCCCC2)cc1C#N. The third-order valence-electron chi connectivity index (χ3n) is 5.38. The quantitative estimate of drug-likeness (QED) is 0.342. The van der Waals surface area contributed by atoms with Crippen molar-refractivity contribution in [2.24, 2.45) is 0 Å². The average molecular weight is 407 g/mol. The molecule has 0 saturated heterocycles. The molecule has 0 unspecified atom stereocenters. The lowest BCUT2D eigenvalue weighted by atomic mass is 9.68. The number of hydrogen-bond donors (Lipinski definition) is 1. The molecule has 0 heterocycles. The lowest BCUT2D eigenvalue weighted by Crippen LogP contribution is -2.42. The number of nitrogens with one attached hydrogen (secondary N) is 1. The molecule has 154 valence electrons. The molecule has 1 aliphatic rings. The van der Waals surface area contributed by atoms with Crippen molar-refractivity contribution in [1.82, 2.24) is 0 Å². The minimum Gasteiger partial charge on any atom is -0.425 e. The number of ether oxygens (including phenoxy) is 1. The molecule has 8 heteroatoms. The van der Waals surface area contributed by atoms with E-state index in [-0.39, 0.29) is 22.9 Å². The van der Waals surface area contributed by atoms with Crippen molar-refractivity contribution in [3.8, 4) is 11.8 Å². The molecule has 0 atom stereocenters. The number of carbonyl (C=O) groups excluding carboxylic acids is 2. The molecule has 2 aromatic carbocycles. The van der Waals surface area contributed by atoms with Crippen LogP contribution in [0.5, 0.6) is 5.75 Å². The Hall–Kier alpha value is -3.73. The van der Waals surface area contributed by atoms with Gasteiger partial charge in [-0.05, 0) is 36.6 Å². The van der Waals surface area contributed by atoms with E-state index in [4.69, 9.17) is 4.74 Å². The van der Waals surface area contributed by atoms with Gasteiger partial charge in [-0.15, -0.1) is 0 Å². The normalized spacial score (nSPS) is 14.9. The van der Waals surface area contributed by atoms with Crippen LogP contribution in [0.2, 0.25) is 0 Å². The summed E-state index contributed by atoms with van der Waals surface area (Å²) in [5, 5.41) is 23.2. The van der Waals surface area contributed by atoms with Crippen LogP contribution in [0.15, 0.2) is 42.5 Å². The number of non-ortho nitro benzene ring substituents is 1. The highest BCUT2D eigenvalue weighted by molar-refractivity contribution is 5.99. The van der Waals surface area contributed by atoms with Crippen LogP contribution in [0.3, 0.4) is 0 Å². The Morgan fingerprint density at radius 1 is 1.13 bits per heavy atom. The van der Waals surface area contributed by atoms with Gasteiger partial charge in [0.05, 0.1) is 15.9 Å². The third kappa shape index (κ3) is 4.30. The minimum absolute atomic E-state index is 0.0233. The van der Waals surface area contributed by atoms with E-state index in [9.17, 15) is 25.0 Å². The van der Waals surface area contributed by atoms with Crippen LogP contribution in [-0.2, 0) is 15.0 Å². The van der Waals surface area contributed by atoms with Gasteiger partial charge in [0.25, 0.3) is 5.69 Å². The van der Waals surface area contributed by atoms with E-state index in [0.717, 1.165) is 24.8 Å². The number of nitrogens with zero attached hydrogens (tertiary/aromatic N) is 2. The summed E-state index contributed by atoms with van der Waals surface area (Å²) in [5.41, 5.74) is 0.469. The van der Waals surface area contributed by atoms with Gasteiger partial charge in [-0.25, -0.2) is 0 Å².